The number of nitrogens with one attached hydrogen (secondary N) is 1. The van der Waals surface area contributed by atoms with Crippen molar-refractivity contribution in [2.24, 2.45) is 0 Å². The summed E-state index contributed by atoms with van der Waals surface area (Å²) in [5.41, 5.74) is 3.37. The minimum Gasteiger partial charge on any atom is -0.437 e. The fourth-order valence-electron chi connectivity index (χ4n) is 2.69. The molecule has 0 atom stereocenters. The second kappa shape index (κ2) is 7.07. The fraction of sp³-hybridized carbons (Fsp3) is 0.150. The molecule has 3 aromatic heterocycles. The Morgan fingerprint density at radius 2 is 1.89 bits per heavy atom. The van der Waals surface area contributed by atoms with Crippen LogP contribution in [0.25, 0.3) is 5.78 Å². The van der Waals surface area contributed by atoms with Gasteiger partial charge in [-0.05, 0) is 56.2 Å². The molecule has 8 nitrogen and oxygen atoms in total. The van der Waals surface area contributed by atoms with Crippen LogP contribution in [-0.4, -0.2) is 30.5 Å². The zero-order chi connectivity index (χ0) is 19.7. The van der Waals surface area contributed by atoms with Gasteiger partial charge in [0.15, 0.2) is 0 Å². The van der Waals surface area contributed by atoms with Crippen LogP contribution in [0.5, 0.6) is 11.6 Å². The van der Waals surface area contributed by atoms with Crippen molar-refractivity contribution in [3.8, 4) is 11.6 Å². The molecule has 0 aliphatic rings. The minimum atomic E-state index is -0.469. The van der Waals surface area contributed by atoms with E-state index in [0.717, 1.165) is 16.8 Å². The predicted octanol–water partition coefficient (Wildman–Crippen LogP) is 3.49. The number of aromatic nitrogens is 5. The van der Waals surface area contributed by atoms with Crippen molar-refractivity contribution in [2.75, 3.05) is 5.32 Å². The van der Waals surface area contributed by atoms with Gasteiger partial charge in [0, 0.05) is 18.1 Å². The van der Waals surface area contributed by atoms with Crippen molar-refractivity contribution < 1.29 is 9.53 Å². The number of ether oxygens (including phenoxy) is 1. The van der Waals surface area contributed by atoms with Crippen molar-refractivity contribution in [2.45, 2.75) is 20.8 Å². The standard InChI is InChI=1S/C20H18N6O2/c1-12-6-4-8-16(14(12)3)28-19-15(7-5-10-21-19)23-18(27)17-24-20-22-11-9-13(2)26(20)25-17/h4-11H,1-3H3,(H,23,27). The van der Waals surface area contributed by atoms with Gasteiger partial charge in [0.2, 0.25) is 11.7 Å². The molecule has 3 heterocycles. The van der Waals surface area contributed by atoms with Gasteiger partial charge >= 0.3 is 0 Å². The fourth-order valence-corrected chi connectivity index (χ4v) is 2.69. The van der Waals surface area contributed by atoms with Crippen LogP contribution < -0.4 is 10.1 Å². The summed E-state index contributed by atoms with van der Waals surface area (Å²) in [7, 11) is 0. The maximum Gasteiger partial charge on any atom is 0.295 e. The third kappa shape index (κ3) is 3.27. The number of nitrogens with zero attached hydrogens (tertiary/aromatic N) is 5. The van der Waals surface area contributed by atoms with E-state index < -0.39 is 5.91 Å². The van der Waals surface area contributed by atoms with E-state index in [0.29, 0.717) is 23.1 Å². The van der Waals surface area contributed by atoms with Crippen LogP contribution in [0.2, 0.25) is 0 Å². The number of fused-ring (bicyclic) bond motifs is 1. The molecule has 0 saturated heterocycles. The van der Waals surface area contributed by atoms with Crippen molar-refractivity contribution in [1.29, 1.82) is 0 Å². The van der Waals surface area contributed by atoms with E-state index >= 15 is 0 Å². The first-order valence-corrected chi connectivity index (χ1v) is 8.72. The zero-order valence-electron chi connectivity index (χ0n) is 15.7. The van der Waals surface area contributed by atoms with Crippen molar-refractivity contribution in [1.82, 2.24) is 24.6 Å². The van der Waals surface area contributed by atoms with Crippen LogP contribution in [0.1, 0.15) is 27.4 Å². The van der Waals surface area contributed by atoms with Gasteiger partial charge in [0.1, 0.15) is 11.4 Å². The van der Waals surface area contributed by atoms with Gasteiger partial charge in [-0.3, -0.25) is 4.79 Å². The number of carbonyl (C=O) groups is 1. The Labute approximate surface area is 161 Å². The maximum atomic E-state index is 12.7. The molecule has 1 aromatic carbocycles. The van der Waals surface area contributed by atoms with Gasteiger partial charge in [-0.1, -0.05) is 12.1 Å². The van der Waals surface area contributed by atoms with E-state index in [1.807, 2.05) is 39.0 Å². The molecule has 1 N–H and O–H groups in total. The van der Waals surface area contributed by atoms with Gasteiger partial charge < -0.3 is 10.1 Å². The highest BCUT2D eigenvalue weighted by atomic mass is 16.5. The van der Waals surface area contributed by atoms with Gasteiger partial charge in [0.25, 0.3) is 11.7 Å². The summed E-state index contributed by atoms with van der Waals surface area (Å²) in [5.74, 6) is 0.887. The summed E-state index contributed by atoms with van der Waals surface area (Å²) in [5, 5.41) is 6.99. The molecule has 0 saturated carbocycles. The van der Waals surface area contributed by atoms with Gasteiger partial charge in [-0.2, -0.15) is 4.98 Å². The molecular weight excluding hydrogens is 356 g/mol. The molecule has 4 aromatic rings. The summed E-state index contributed by atoms with van der Waals surface area (Å²) >= 11 is 0. The first-order chi connectivity index (χ1) is 13.5. The lowest BCUT2D eigenvalue weighted by Crippen LogP contribution is -2.15. The van der Waals surface area contributed by atoms with Crippen LogP contribution in [0.4, 0.5) is 5.69 Å². The van der Waals surface area contributed by atoms with E-state index in [9.17, 15) is 4.79 Å². The third-order valence-electron chi connectivity index (χ3n) is 4.41. The van der Waals surface area contributed by atoms with E-state index in [1.165, 1.54) is 4.52 Å². The number of hydrogen-bond acceptors (Lipinski definition) is 6. The molecule has 0 bridgehead atoms. The van der Waals surface area contributed by atoms with Crippen molar-refractivity contribution in [3.05, 3.63) is 71.4 Å². The van der Waals surface area contributed by atoms with Gasteiger partial charge in [-0.25, -0.2) is 14.5 Å². The molecule has 0 aliphatic heterocycles. The highest BCUT2D eigenvalue weighted by Gasteiger charge is 2.17. The average Bonchev–Trinajstić information content (AvgIpc) is 3.13. The molecule has 140 valence electrons. The van der Waals surface area contributed by atoms with Crippen LogP contribution in [0.15, 0.2) is 48.8 Å². The Morgan fingerprint density at radius 1 is 1.04 bits per heavy atom. The Kier molecular flexibility index (Phi) is 4.44. The summed E-state index contributed by atoms with van der Waals surface area (Å²) in [6.07, 6.45) is 3.23. The normalized spacial score (nSPS) is 10.8. The number of aryl methyl sites for hydroxylation is 2. The van der Waals surface area contributed by atoms with Crippen LogP contribution in [-0.2, 0) is 0 Å². The Hall–Kier alpha value is -3.81. The van der Waals surface area contributed by atoms with E-state index in [1.54, 1.807) is 30.6 Å². The zero-order valence-corrected chi connectivity index (χ0v) is 15.7. The molecule has 0 fully saturated rings. The predicted molar refractivity (Wildman–Crippen MR) is 104 cm³/mol. The number of rotatable bonds is 4. The molecule has 28 heavy (non-hydrogen) atoms. The monoisotopic (exact) mass is 374 g/mol. The number of pyridine rings is 1. The van der Waals surface area contributed by atoms with Crippen LogP contribution in [0.3, 0.4) is 0 Å². The van der Waals surface area contributed by atoms with E-state index in [4.69, 9.17) is 4.74 Å². The summed E-state index contributed by atoms with van der Waals surface area (Å²) in [4.78, 5) is 25.2. The third-order valence-corrected chi connectivity index (χ3v) is 4.41. The first-order valence-electron chi connectivity index (χ1n) is 8.72. The lowest BCUT2D eigenvalue weighted by Gasteiger charge is -2.12. The smallest absolute Gasteiger partial charge is 0.295 e. The highest BCUT2D eigenvalue weighted by Crippen LogP contribution is 2.30. The largest absolute Gasteiger partial charge is 0.437 e. The molecule has 0 aliphatic carbocycles. The van der Waals surface area contributed by atoms with Gasteiger partial charge in [0.05, 0.1) is 0 Å². The summed E-state index contributed by atoms with van der Waals surface area (Å²) < 4.78 is 7.47. The number of hydrogen-bond donors (Lipinski definition) is 1. The second-order valence-electron chi connectivity index (χ2n) is 6.34. The Morgan fingerprint density at radius 3 is 2.71 bits per heavy atom. The molecule has 0 radical (unpaired) electrons. The molecule has 1 amide bonds. The Bertz CT molecular complexity index is 1180. The van der Waals surface area contributed by atoms with Crippen LogP contribution in [0, 0.1) is 20.8 Å². The lowest BCUT2D eigenvalue weighted by atomic mass is 10.1. The SMILES string of the molecule is Cc1cccc(Oc2ncccc2NC(=O)c2nc3nccc(C)n3n2)c1C. The van der Waals surface area contributed by atoms with Crippen molar-refractivity contribution >= 4 is 17.4 Å². The molecule has 8 heteroatoms. The van der Waals surface area contributed by atoms with E-state index in [2.05, 4.69) is 25.4 Å². The second-order valence-corrected chi connectivity index (χ2v) is 6.34. The minimum absolute atomic E-state index is 0.0170. The Balaban J connectivity index is 1.62. The molecule has 0 unspecified atom stereocenters. The number of benzene rings is 1. The quantitative estimate of drug-likeness (QED) is 0.588. The topological polar surface area (TPSA) is 94.3 Å². The molecule has 0 spiro atoms. The summed E-state index contributed by atoms with van der Waals surface area (Å²) in [6.45, 7) is 5.85. The van der Waals surface area contributed by atoms with Gasteiger partial charge in [-0.15, -0.1) is 5.10 Å². The highest BCUT2D eigenvalue weighted by molar-refractivity contribution is 6.02. The number of carbonyl (C=O) groups excluding carboxylic acids is 1. The van der Waals surface area contributed by atoms with Crippen molar-refractivity contribution in [3.63, 3.8) is 0 Å². The average molecular weight is 374 g/mol. The van der Waals surface area contributed by atoms with Crippen LogP contribution >= 0.6 is 0 Å². The van der Waals surface area contributed by atoms with E-state index in [-0.39, 0.29) is 5.82 Å². The first kappa shape index (κ1) is 17.6. The lowest BCUT2D eigenvalue weighted by molar-refractivity contribution is 0.101. The number of amides is 1. The number of anilines is 1. The summed E-state index contributed by atoms with van der Waals surface area (Å²) in [6, 6.07) is 11.0. The molecular formula is C20H18N6O2. The molecule has 4 rings (SSSR count). The maximum absolute atomic E-state index is 12.7.